The molecule has 134 valence electrons. The van der Waals surface area contributed by atoms with Crippen molar-refractivity contribution in [3.05, 3.63) is 78.9 Å². The van der Waals surface area contributed by atoms with Gasteiger partial charge in [0.25, 0.3) is 5.56 Å². The average Bonchev–Trinajstić information content (AvgIpc) is 2.90. The Balaban J connectivity index is 1.98. The van der Waals surface area contributed by atoms with Crippen LogP contribution in [0, 0.1) is 13.8 Å². The second kappa shape index (κ2) is 7.27. The number of benzene rings is 1. The van der Waals surface area contributed by atoms with Crippen LogP contribution in [-0.4, -0.2) is 20.1 Å². The molecule has 3 rings (SSSR count). The summed E-state index contributed by atoms with van der Waals surface area (Å²) in [5, 5.41) is 4.38. The molecule has 2 heterocycles. The first-order valence-electron chi connectivity index (χ1n) is 7.68. The molecule has 0 bridgehead atoms. The first-order chi connectivity index (χ1) is 12.3. The number of nitrogens with zero attached hydrogens (tertiary/aromatic N) is 3. The highest BCUT2D eigenvalue weighted by atomic mass is 35.5. The van der Waals surface area contributed by atoms with Crippen LogP contribution in [0.4, 0.5) is 0 Å². The number of rotatable bonds is 4. The maximum Gasteiger partial charge on any atom is 0.287 e. The van der Waals surface area contributed by atoms with Gasteiger partial charge in [0.2, 0.25) is 0 Å². The minimum Gasteiger partial charge on any atom is -0.318 e. The van der Waals surface area contributed by atoms with E-state index < -0.39 is 5.56 Å². The van der Waals surface area contributed by atoms with Gasteiger partial charge in [-0.3, -0.25) is 9.59 Å². The van der Waals surface area contributed by atoms with Gasteiger partial charge < -0.3 is 4.57 Å². The first kappa shape index (κ1) is 18.7. The number of ketones is 1. The Morgan fingerprint density at radius 2 is 1.88 bits per heavy atom. The number of hydrogen-bond acceptors (Lipinski definition) is 3. The maximum atomic E-state index is 12.7. The lowest BCUT2D eigenvalue weighted by molar-refractivity contribution is 0.0965. The molecule has 2 aromatic heterocycles. The van der Waals surface area contributed by atoms with Crippen LogP contribution in [0.25, 0.3) is 5.69 Å². The van der Waals surface area contributed by atoms with Gasteiger partial charge >= 0.3 is 0 Å². The molecular formula is C18H14Cl3N3O2. The SMILES string of the molecule is Cc1cc(C(=O)Cn2ncc(Cl)c(Cl)c2=O)c(C)n1-c1cccc(Cl)c1. The van der Waals surface area contributed by atoms with E-state index in [0.717, 1.165) is 21.8 Å². The maximum absolute atomic E-state index is 12.7. The van der Waals surface area contributed by atoms with Crippen LogP contribution in [0.3, 0.4) is 0 Å². The Hall–Kier alpha value is -2.08. The van der Waals surface area contributed by atoms with E-state index in [1.807, 2.05) is 36.6 Å². The molecule has 8 heteroatoms. The van der Waals surface area contributed by atoms with E-state index in [9.17, 15) is 9.59 Å². The third-order valence-corrected chi connectivity index (χ3v) is 5.02. The molecule has 0 aliphatic heterocycles. The van der Waals surface area contributed by atoms with E-state index in [1.165, 1.54) is 6.20 Å². The minimum absolute atomic E-state index is 0.0551. The number of carbonyl (C=O) groups excluding carboxylic acids is 1. The molecule has 1 aromatic carbocycles. The molecule has 0 saturated heterocycles. The smallest absolute Gasteiger partial charge is 0.287 e. The number of aromatic nitrogens is 3. The fraction of sp³-hybridized carbons (Fsp3) is 0.167. The van der Waals surface area contributed by atoms with Crippen molar-refractivity contribution in [2.45, 2.75) is 20.4 Å². The summed E-state index contributed by atoms with van der Waals surface area (Å²) in [6.45, 7) is 3.51. The number of aryl methyl sites for hydroxylation is 1. The quantitative estimate of drug-likeness (QED) is 0.595. The van der Waals surface area contributed by atoms with Crippen LogP contribution < -0.4 is 5.56 Å². The molecule has 0 amide bonds. The Labute approximate surface area is 164 Å². The fourth-order valence-corrected chi connectivity index (χ4v) is 3.29. The minimum atomic E-state index is -0.601. The second-order valence-corrected chi connectivity index (χ2v) is 7.01. The standard InChI is InChI=1S/C18H14Cl3N3O2/c1-10-6-14(11(2)24(10)13-5-3-4-12(19)7-13)16(25)9-23-18(26)17(21)15(20)8-22-23/h3-8H,9H2,1-2H3. The number of carbonyl (C=O) groups is 1. The van der Waals surface area contributed by atoms with Crippen LogP contribution in [-0.2, 0) is 6.54 Å². The molecule has 0 aliphatic carbocycles. The second-order valence-electron chi connectivity index (χ2n) is 5.79. The lowest BCUT2D eigenvalue weighted by Crippen LogP contribution is -2.27. The van der Waals surface area contributed by atoms with Crippen molar-refractivity contribution >= 4 is 40.6 Å². The molecular weight excluding hydrogens is 397 g/mol. The summed E-state index contributed by atoms with van der Waals surface area (Å²) in [4.78, 5) is 24.8. The van der Waals surface area contributed by atoms with Crippen molar-refractivity contribution in [1.82, 2.24) is 14.3 Å². The van der Waals surface area contributed by atoms with E-state index in [0.29, 0.717) is 10.6 Å². The summed E-state index contributed by atoms with van der Waals surface area (Å²) < 4.78 is 2.94. The Bertz CT molecular complexity index is 1070. The Morgan fingerprint density at radius 1 is 1.15 bits per heavy atom. The molecule has 0 saturated carbocycles. The van der Waals surface area contributed by atoms with Gasteiger partial charge in [-0.2, -0.15) is 5.10 Å². The van der Waals surface area contributed by atoms with Crippen LogP contribution in [0.5, 0.6) is 0 Å². The highest BCUT2D eigenvalue weighted by Gasteiger charge is 2.19. The summed E-state index contributed by atoms with van der Waals surface area (Å²) >= 11 is 17.7. The normalized spacial score (nSPS) is 11.0. The van der Waals surface area contributed by atoms with Crippen LogP contribution in [0.1, 0.15) is 21.7 Å². The molecule has 0 radical (unpaired) electrons. The van der Waals surface area contributed by atoms with Crippen molar-refractivity contribution in [2.24, 2.45) is 0 Å². The van der Waals surface area contributed by atoms with Gasteiger partial charge in [-0.15, -0.1) is 0 Å². The van der Waals surface area contributed by atoms with E-state index in [2.05, 4.69) is 5.10 Å². The van der Waals surface area contributed by atoms with Gasteiger partial charge in [-0.05, 0) is 38.1 Å². The van der Waals surface area contributed by atoms with Gasteiger partial charge in [-0.1, -0.05) is 40.9 Å². The monoisotopic (exact) mass is 409 g/mol. The molecule has 3 aromatic rings. The number of Topliss-reactive ketones (excluding diaryl/α,β-unsaturated/α-hetero) is 1. The molecule has 0 fully saturated rings. The highest BCUT2D eigenvalue weighted by molar-refractivity contribution is 6.41. The number of halogens is 3. The summed E-state index contributed by atoms with van der Waals surface area (Å²) in [5.74, 6) is -0.251. The average molecular weight is 411 g/mol. The van der Waals surface area contributed by atoms with E-state index in [-0.39, 0.29) is 22.4 Å². The highest BCUT2D eigenvalue weighted by Crippen LogP contribution is 2.23. The molecule has 0 spiro atoms. The molecule has 0 N–H and O–H groups in total. The van der Waals surface area contributed by atoms with Crippen LogP contribution >= 0.6 is 34.8 Å². The van der Waals surface area contributed by atoms with Gasteiger partial charge in [0, 0.05) is 27.7 Å². The van der Waals surface area contributed by atoms with Crippen molar-refractivity contribution in [3.8, 4) is 5.69 Å². The molecule has 0 atom stereocenters. The van der Waals surface area contributed by atoms with E-state index in [1.54, 1.807) is 12.1 Å². The summed E-state index contributed by atoms with van der Waals surface area (Å²) in [6.07, 6.45) is 1.24. The third kappa shape index (κ3) is 3.43. The van der Waals surface area contributed by atoms with Gasteiger partial charge in [0.15, 0.2) is 5.78 Å². The van der Waals surface area contributed by atoms with Crippen LogP contribution in [0.15, 0.2) is 41.3 Å². The summed E-state index contributed by atoms with van der Waals surface area (Å²) in [5.41, 5.74) is 2.39. The summed E-state index contributed by atoms with van der Waals surface area (Å²) in [7, 11) is 0. The predicted molar refractivity (Wildman–Crippen MR) is 103 cm³/mol. The Morgan fingerprint density at radius 3 is 2.58 bits per heavy atom. The lowest BCUT2D eigenvalue weighted by atomic mass is 10.1. The summed E-state index contributed by atoms with van der Waals surface area (Å²) in [6, 6.07) is 9.14. The Kier molecular flexibility index (Phi) is 5.23. The van der Waals surface area contributed by atoms with Gasteiger partial charge in [0.05, 0.1) is 11.2 Å². The zero-order valence-corrected chi connectivity index (χ0v) is 16.2. The third-order valence-electron chi connectivity index (χ3n) is 4.03. The largest absolute Gasteiger partial charge is 0.318 e. The lowest BCUT2D eigenvalue weighted by Gasteiger charge is -2.10. The van der Waals surface area contributed by atoms with E-state index >= 15 is 0 Å². The van der Waals surface area contributed by atoms with Crippen molar-refractivity contribution in [2.75, 3.05) is 0 Å². The first-order valence-corrected chi connectivity index (χ1v) is 8.82. The van der Waals surface area contributed by atoms with E-state index in [4.69, 9.17) is 34.8 Å². The molecule has 26 heavy (non-hydrogen) atoms. The van der Waals surface area contributed by atoms with Crippen molar-refractivity contribution in [1.29, 1.82) is 0 Å². The van der Waals surface area contributed by atoms with Gasteiger partial charge in [0.1, 0.15) is 11.6 Å². The fourth-order valence-electron chi connectivity index (χ4n) is 2.84. The number of hydrogen-bond donors (Lipinski definition) is 0. The van der Waals surface area contributed by atoms with Crippen molar-refractivity contribution < 1.29 is 4.79 Å². The molecule has 5 nitrogen and oxygen atoms in total. The zero-order chi connectivity index (χ0) is 19.0. The van der Waals surface area contributed by atoms with Crippen molar-refractivity contribution in [3.63, 3.8) is 0 Å². The zero-order valence-electron chi connectivity index (χ0n) is 14.0. The predicted octanol–water partition coefficient (Wildman–Crippen LogP) is 4.49. The topological polar surface area (TPSA) is 56.9 Å². The van der Waals surface area contributed by atoms with Crippen LogP contribution in [0.2, 0.25) is 15.1 Å². The van der Waals surface area contributed by atoms with Gasteiger partial charge in [-0.25, -0.2) is 4.68 Å². The molecule has 0 unspecified atom stereocenters. The molecule has 0 aliphatic rings.